The van der Waals surface area contributed by atoms with Crippen LogP contribution in [0.5, 0.6) is 0 Å². The molecule has 3 aliphatic rings. The summed E-state index contributed by atoms with van der Waals surface area (Å²) in [6, 6.07) is 0.723. The minimum atomic E-state index is 0.0591. The maximum Gasteiger partial charge on any atom is 0.236 e. The average molecular weight is 207 g/mol. The van der Waals surface area contributed by atoms with Gasteiger partial charge in [0.1, 0.15) is 5.54 Å². The van der Waals surface area contributed by atoms with Crippen molar-refractivity contribution in [3.8, 4) is 0 Å². The van der Waals surface area contributed by atoms with Crippen LogP contribution in [-0.2, 0) is 5.54 Å². The Hall–Kier alpha value is -0.900. The van der Waals surface area contributed by atoms with E-state index in [0.717, 1.165) is 24.3 Å². The van der Waals surface area contributed by atoms with Crippen LogP contribution in [0.3, 0.4) is 0 Å². The number of aromatic nitrogens is 2. The predicted molar refractivity (Wildman–Crippen MR) is 55.3 cm³/mol. The first-order valence-corrected chi connectivity index (χ1v) is 5.65. The van der Waals surface area contributed by atoms with Crippen molar-refractivity contribution in [1.29, 1.82) is 0 Å². The van der Waals surface area contributed by atoms with Crippen molar-refractivity contribution in [3.63, 3.8) is 0 Å². The highest BCUT2D eigenvalue weighted by atomic mass is 16.4. The van der Waals surface area contributed by atoms with Crippen LogP contribution < -0.4 is 0 Å². The first kappa shape index (κ1) is 9.33. The molecule has 4 heteroatoms. The zero-order chi connectivity index (χ0) is 10.6. The second kappa shape index (κ2) is 2.82. The lowest BCUT2D eigenvalue weighted by atomic mass is 9.64. The van der Waals surface area contributed by atoms with Gasteiger partial charge in [0.05, 0.1) is 0 Å². The average Bonchev–Trinajstić information content (AvgIpc) is 2.63. The smallest absolute Gasteiger partial charge is 0.236 e. The van der Waals surface area contributed by atoms with Gasteiger partial charge in [0.2, 0.25) is 11.8 Å². The van der Waals surface area contributed by atoms with Crippen LogP contribution >= 0.6 is 0 Å². The monoisotopic (exact) mass is 207 g/mol. The molecule has 1 aliphatic carbocycles. The molecular formula is C11H17N3O. The number of hydrogen-bond acceptors (Lipinski definition) is 4. The molecule has 3 unspecified atom stereocenters. The molecule has 15 heavy (non-hydrogen) atoms. The Morgan fingerprint density at radius 3 is 2.80 bits per heavy atom. The molecule has 4 nitrogen and oxygen atoms in total. The van der Waals surface area contributed by atoms with Gasteiger partial charge in [-0.2, -0.15) is 0 Å². The third-order valence-corrected chi connectivity index (χ3v) is 4.08. The molecule has 0 N–H and O–H groups in total. The van der Waals surface area contributed by atoms with E-state index in [-0.39, 0.29) is 5.54 Å². The standard InChI is InChI=1S/C11H17N3O/c1-7-4-9-6-11(5-7,14(9)3)10-13-12-8(2)15-10/h7,9H,4-6H2,1-3H3. The number of rotatable bonds is 1. The topological polar surface area (TPSA) is 42.2 Å². The highest BCUT2D eigenvalue weighted by Gasteiger charge is 2.58. The second-order valence-corrected chi connectivity index (χ2v) is 5.17. The van der Waals surface area contributed by atoms with E-state index in [2.05, 4.69) is 29.1 Å². The van der Waals surface area contributed by atoms with Crippen LogP contribution in [0.1, 0.15) is 38.0 Å². The lowest BCUT2D eigenvalue weighted by molar-refractivity contribution is -0.132. The van der Waals surface area contributed by atoms with Crippen molar-refractivity contribution in [2.45, 2.75) is 44.7 Å². The van der Waals surface area contributed by atoms with E-state index < -0.39 is 0 Å². The zero-order valence-corrected chi connectivity index (χ0v) is 9.53. The lowest BCUT2D eigenvalue weighted by Crippen LogP contribution is -2.66. The fourth-order valence-corrected chi connectivity index (χ4v) is 3.31. The lowest BCUT2D eigenvalue weighted by Gasteiger charge is -2.60. The van der Waals surface area contributed by atoms with E-state index in [1.807, 2.05) is 6.92 Å². The summed E-state index contributed by atoms with van der Waals surface area (Å²) in [5, 5.41) is 8.15. The molecule has 1 aromatic heterocycles. The molecule has 2 saturated heterocycles. The molecule has 3 fully saturated rings. The summed E-state index contributed by atoms with van der Waals surface area (Å²) in [4.78, 5) is 2.42. The van der Waals surface area contributed by atoms with E-state index in [4.69, 9.17) is 4.42 Å². The van der Waals surface area contributed by atoms with E-state index in [9.17, 15) is 0 Å². The molecule has 0 aromatic carbocycles. The number of hydrogen-bond donors (Lipinski definition) is 0. The van der Waals surface area contributed by atoms with Gasteiger partial charge < -0.3 is 4.42 Å². The van der Waals surface area contributed by atoms with Crippen molar-refractivity contribution in [3.05, 3.63) is 11.8 Å². The first-order chi connectivity index (χ1) is 7.12. The summed E-state index contributed by atoms with van der Waals surface area (Å²) < 4.78 is 5.62. The Bertz CT molecular complexity index is 389. The summed E-state index contributed by atoms with van der Waals surface area (Å²) in [5.41, 5.74) is 0.0591. The van der Waals surface area contributed by atoms with Crippen LogP contribution in [-0.4, -0.2) is 28.2 Å². The number of fused-ring (bicyclic) bond motifs is 2. The Morgan fingerprint density at radius 1 is 1.40 bits per heavy atom. The fraction of sp³-hybridized carbons (Fsp3) is 0.818. The van der Waals surface area contributed by atoms with Crippen molar-refractivity contribution >= 4 is 0 Å². The quantitative estimate of drug-likeness (QED) is 0.703. The molecule has 4 rings (SSSR count). The highest BCUT2D eigenvalue weighted by Crippen LogP contribution is 2.54. The van der Waals surface area contributed by atoms with Crippen LogP contribution in [0.15, 0.2) is 4.42 Å². The van der Waals surface area contributed by atoms with Gasteiger partial charge in [-0.25, -0.2) is 0 Å². The van der Waals surface area contributed by atoms with Crippen LogP contribution in [0.4, 0.5) is 0 Å². The number of piperidine rings is 1. The SMILES string of the molecule is Cc1nnc(C23CC(C)CC(C2)N3C)o1. The predicted octanol–water partition coefficient (Wildman–Crippen LogP) is 1.71. The first-order valence-electron chi connectivity index (χ1n) is 5.65. The normalized spacial score (nSPS) is 40.2. The molecule has 0 spiro atoms. The zero-order valence-electron chi connectivity index (χ0n) is 9.53. The molecular weight excluding hydrogens is 190 g/mol. The van der Waals surface area contributed by atoms with Gasteiger partial charge in [-0.1, -0.05) is 6.92 Å². The van der Waals surface area contributed by atoms with Gasteiger partial charge in [-0.05, 0) is 32.2 Å². The van der Waals surface area contributed by atoms with Gasteiger partial charge in [0.15, 0.2) is 0 Å². The largest absolute Gasteiger partial charge is 0.424 e. The van der Waals surface area contributed by atoms with Crippen molar-refractivity contribution < 1.29 is 4.42 Å². The maximum absolute atomic E-state index is 5.62. The summed E-state index contributed by atoms with van der Waals surface area (Å²) in [5.74, 6) is 2.27. The molecule has 1 saturated carbocycles. The second-order valence-electron chi connectivity index (χ2n) is 5.17. The highest BCUT2D eigenvalue weighted by molar-refractivity contribution is 5.16. The Kier molecular flexibility index (Phi) is 1.75. The third-order valence-electron chi connectivity index (χ3n) is 4.08. The van der Waals surface area contributed by atoms with E-state index in [1.54, 1.807) is 0 Å². The van der Waals surface area contributed by atoms with Gasteiger partial charge in [0.25, 0.3) is 0 Å². The van der Waals surface area contributed by atoms with Crippen molar-refractivity contribution in [2.75, 3.05) is 7.05 Å². The van der Waals surface area contributed by atoms with E-state index >= 15 is 0 Å². The molecule has 0 amide bonds. The third kappa shape index (κ3) is 1.11. The van der Waals surface area contributed by atoms with E-state index in [0.29, 0.717) is 5.89 Å². The van der Waals surface area contributed by atoms with Gasteiger partial charge in [0, 0.05) is 13.0 Å². The minimum absolute atomic E-state index is 0.0591. The molecule has 0 radical (unpaired) electrons. The summed E-state index contributed by atoms with van der Waals surface area (Å²) >= 11 is 0. The van der Waals surface area contributed by atoms with Crippen molar-refractivity contribution in [1.82, 2.24) is 15.1 Å². The summed E-state index contributed by atoms with van der Waals surface area (Å²) in [6.45, 7) is 4.17. The molecule has 82 valence electrons. The van der Waals surface area contributed by atoms with Gasteiger partial charge >= 0.3 is 0 Å². The van der Waals surface area contributed by atoms with Gasteiger partial charge in [-0.3, -0.25) is 4.90 Å². The molecule has 3 heterocycles. The Balaban J connectivity index is 1.96. The molecule has 2 aliphatic heterocycles. The van der Waals surface area contributed by atoms with Crippen LogP contribution in [0.2, 0.25) is 0 Å². The number of nitrogens with zero attached hydrogens (tertiary/aromatic N) is 3. The molecule has 2 bridgehead atoms. The van der Waals surface area contributed by atoms with Crippen LogP contribution in [0.25, 0.3) is 0 Å². The number of aryl methyl sites for hydroxylation is 1. The Morgan fingerprint density at radius 2 is 2.20 bits per heavy atom. The molecule has 3 atom stereocenters. The fourth-order valence-electron chi connectivity index (χ4n) is 3.31. The summed E-state index contributed by atoms with van der Waals surface area (Å²) in [6.07, 6.45) is 3.66. The minimum Gasteiger partial charge on any atom is -0.424 e. The maximum atomic E-state index is 5.62. The summed E-state index contributed by atoms with van der Waals surface area (Å²) in [7, 11) is 2.18. The van der Waals surface area contributed by atoms with Crippen LogP contribution in [0, 0.1) is 12.8 Å². The Labute approximate surface area is 89.7 Å². The van der Waals surface area contributed by atoms with E-state index in [1.165, 1.54) is 12.8 Å². The molecule has 1 aromatic rings. The van der Waals surface area contributed by atoms with Crippen molar-refractivity contribution in [2.24, 2.45) is 5.92 Å². The van der Waals surface area contributed by atoms with Gasteiger partial charge in [-0.15, -0.1) is 10.2 Å².